The van der Waals surface area contributed by atoms with Gasteiger partial charge in [-0.25, -0.2) is 4.79 Å². The Labute approximate surface area is 332 Å². The molecule has 4 N–H and O–H groups in total. The van der Waals surface area contributed by atoms with Crippen molar-refractivity contribution in [1.82, 2.24) is 9.55 Å². The van der Waals surface area contributed by atoms with Gasteiger partial charge in [0.25, 0.3) is 5.56 Å². The lowest BCUT2D eigenvalue weighted by molar-refractivity contribution is -0.184. The predicted molar refractivity (Wildman–Crippen MR) is 221 cm³/mol. The van der Waals surface area contributed by atoms with E-state index in [9.17, 15) is 34.5 Å². The summed E-state index contributed by atoms with van der Waals surface area (Å²) in [6.45, 7) is 3.63. The number of H-pyrrole nitrogens is 1. The molecule has 0 amide bonds. The molecule has 2 heterocycles. The van der Waals surface area contributed by atoms with Crippen molar-refractivity contribution in [3.63, 3.8) is 0 Å². The lowest BCUT2D eigenvalue weighted by Crippen LogP contribution is -2.67. The molecule has 4 atom stereocenters. The Kier molecular flexibility index (Phi) is 26.0. The van der Waals surface area contributed by atoms with Gasteiger partial charge in [-0.1, -0.05) is 194 Å². The number of ketones is 2. The molecule has 10 heteroatoms. The van der Waals surface area contributed by atoms with Gasteiger partial charge < -0.3 is 20.1 Å². The molecule has 55 heavy (non-hydrogen) atoms. The number of aliphatic hydroxyl groups is 3. The molecule has 0 bridgehead atoms. The largest absolute Gasteiger partial charge is 0.394 e. The molecule has 10 nitrogen and oxygen atoms in total. The highest BCUT2D eigenvalue weighted by Gasteiger charge is 2.72. The molecule has 0 radical (unpaired) electrons. The molecule has 0 unspecified atom stereocenters. The maximum Gasteiger partial charge on any atom is 0.330 e. The minimum absolute atomic E-state index is 0.115. The molecule has 1 fully saturated rings. The zero-order chi connectivity index (χ0) is 40.2. The van der Waals surface area contributed by atoms with E-state index in [1.165, 1.54) is 128 Å². The molecule has 0 aliphatic carbocycles. The second-order valence-electron chi connectivity index (χ2n) is 16.5. The summed E-state index contributed by atoms with van der Waals surface area (Å²) in [5.74, 6) is -1.62. The number of nitrogens with one attached hydrogen (secondary N) is 1. The standard InChI is InChI=1S/C45H80N2O8/c1-3-5-7-9-11-13-15-17-19-21-23-25-27-29-31-33-38(49)44(53)40(37-48)55-42(47-36-35-41(51)46-43(47)52)45(44,54)39(50)34-32-30-28-26-24-22-20-18-16-14-12-10-8-6-4-2/h35-36,40,42,48,53-54H,3-34,37H2,1-2H3,(H,46,51,52)/t40-,42-,44-,45+/m1/s1. The summed E-state index contributed by atoms with van der Waals surface area (Å²) in [6, 6.07) is 1.03. The Hall–Kier alpha value is -2.14. The number of Topliss-reactive ketones (excluding diaryl/α,β-unsaturated/α-hetero) is 2. The van der Waals surface area contributed by atoms with Crippen molar-refractivity contribution in [1.29, 1.82) is 0 Å². The van der Waals surface area contributed by atoms with Crippen LogP contribution in [0.5, 0.6) is 0 Å². The fraction of sp³-hybridized carbons (Fsp3) is 0.867. The lowest BCUT2D eigenvalue weighted by Gasteiger charge is -2.38. The highest BCUT2D eigenvalue weighted by molar-refractivity contribution is 6.00. The zero-order valence-electron chi connectivity index (χ0n) is 35.0. The minimum Gasteiger partial charge on any atom is -0.394 e. The van der Waals surface area contributed by atoms with Crippen LogP contribution in [0.1, 0.15) is 226 Å². The third-order valence-corrected chi connectivity index (χ3v) is 11.8. The highest BCUT2D eigenvalue weighted by Crippen LogP contribution is 2.48. The van der Waals surface area contributed by atoms with Gasteiger partial charge in [-0.3, -0.25) is 23.9 Å². The van der Waals surface area contributed by atoms with Crippen LogP contribution in [0.2, 0.25) is 0 Å². The van der Waals surface area contributed by atoms with E-state index in [2.05, 4.69) is 18.8 Å². The van der Waals surface area contributed by atoms with Gasteiger partial charge in [-0.2, -0.15) is 0 Å². The quantitative estimate of drug-likeness (QED) is 0.0491. The first kappa shape index (κ1) is 49.0. The van der Waals surface area contributed by atoms with E-state index < -0.39 is 53.0 Å². The van der Waals surface area contributed by atoms with Crippen molar-refractivity contribution >= 4 is 11.6 Å². The number of carbonyl (C=O) groups is 2. The summed E-state index contributed by atoms with van der Waals surface area (Å²) >= 11 is 0. The zero-order valence-corrected chi connectivity index (χ0v) is 35.0. The number of aromatic nitrogens is 2. The molecule has 2 rings (SSSR count). The summed E-state index contributed by atoms with van der Waals surface area (Å²) in [4.78, 5) is 54.5. The van der Waals surface area contributed by atoms with Crippen LogP contribution in [0.25, 0.3) is 0 Å². The number of aromatic amines is 1. The number of hydrogen-bond donors (Lipinski definition) is 4. The monoisotopic (exact) mass is 777 g/mol. The Morgan fingerprint density at radius 2 is 0.909 bits per heavy atom. The van der Waals surface area contributed by atoms with Crippen LogP contribution in [0.3, 0.4) is 0 Å². The maximum absolute atomic E-state index is 13.9. The van der Waals surface area contributed by atoms with Crippen molar-refractivity contribution in [2.24, 2.45) is 0 Å². The van der Waals surface area contributed by atoms with Crippen LogP contribution in [0, 0.1) is 0 Å². The number of ether oxygens (including phenoxy) is 1. The fourth-order valence-corrected chi connectivity index (χ4v) is 8.28. The number of nitrogens with zero attached hydrogens (tertiary/aromatic N) is 1. The molecule has 0 saturated carbocycles. The summed E-state index contributed by atoms with van der Waals surface area (Å²) in [5, 5.41) is 34.5. The van der Waals surface area contributed by atoms with Crippen LogP contribution in [0.15, 0.2) is 21.9 Å². The topological polar surface area (TPSA) is 159 Å². The molecular weight excluding hydrogens is 697 g/mol. The lowest BCUT2D eigenvalue weighted by atomic mass is 9.72. The molecule has 1 aliphatic heterocycles. The van der Waals surface area contributed by atoms with E-state index in [0.29, 0.717) is 12.8 Å². The average molecular weight is 777 g/mol. The molecule has 0 spiro atoms. The fourth-order valence-electron chi connectivity index (χ4n) is 8.28. The molecular formula is C45H80N2O8. The van der Waals surface area contributed by atoms with Gasteiger partial charge in [0.2, 0.25) is 5.60 Å². The molecule has 1 saturated heterocycles. The third-order valence-electron chi connectivity index (χ3n) is 11.8. The van der Waals surface area contributed by atoms with Crippen molar-refractivity contribution in [3.05, 3.63) is 33.1 Å². The van der Waals surface area contributed by atoms with Gasteiger partial charge >= 0.3 is 5.69 Å². The Balaban J connectivity index is 1.86. The second kappa shape index (κ2) is 29.1. The second-order valence-corrected chi connectivity index (χ2v) is 16.5. The van der Waals surface area contributed by atoms with Crippen molar-refractivity contribution in [2.75, 3.05) is 6.61 Å². The summed E-state index contributed by atoms with van der Waals surface area (Å²) in [5.41, 5.74) is -7.27. The van der Waals surface area contributed by atoms with Crippen LogP contribution in [-0.2, 0) is 14.3 Å². The van der Waals surface area contributed by atoms with Gasteiger partial charge in [-0.15, -0.1) is 0 Å². The first-order valence-electron chi connectivity index (χ1n) is 22.8. The first-order chi connectivity index (χ1) is 26.7. The molecule has 1 aliphatic rings. The van der Waals surface area contributed by atoms with Crippen LogP contribution < -0.4 is 11.2 Å². The number of hydrogen-bond acceptors (Lipinski definition) is 8. The average Bonchev–Trinajstić information content (AvgIpc) is 3.41. The molecule has 318 valence electrons. The number of rotatable bonds is 36. The summed E-state index contributed by atoms with van der Waals surface area (Å²) in [6.07, 6.45) is 32.0. The van der Waals surface area contributed by atoms with Gasteiger partial charge in [0, 0.05) is 25.1 Å². The van der Waals surface area contributed by atoms with E-state index >= 15 is 0 Å². The van der Waals surface area contributed by atoms with E-state index in [1.807, 2.05) is 0 Å². The predicted octanol–water partition coefficient (Wildman–Crippen LogP) is 9.55. The summed E-state index contributed by atoms with van der Waals surface area (Å²) < 4.78 is 6.61. The van der Waals surface area contributed by atoms with Gasteiger partial charge in [0.1, 0.15) is 6.10 Å². The van der Waals surface area contributed by atoms with E-state index in [0.717, 1.165) is 68.2 Å². The van der Waals surface area contributed by atoms with Crippen molar-refractivity contribution < 1.29 is 29.6 Å². The Morgan fingerprint density at radius 1 is 0.582 bits per heavy atom. The van der Waals surface area contributed by atoms with Crippen LogP contribution >= 0.6 is 0 Å². The van der Waals surface area contributed by atoms with Crippen LogP contribution in [0.4, 0.5) is 0 Å². The third kappa shape index (κ3) is 16.7. The van der Waals surface area contributed by atoms with E-state index in [-0.39, 0.29) is 12.8 Å². The van der Waals surface area contributed by atoms with E-state index in [1.54, 1.807) is 0 Å². The summed E-state index contributed by atoms with van der Waals surface area (Å²) in [7, 11) is 0. The molecule has 0 aromatic carbocycles. The number of carbonyl (C=O) groups excluding carboxylic acids is 2. The van der Waals surface area contributed by atoms with Gasteiger partial charge in [-0.05, 0) is 12.8 Å². The normalized spacial score (nSPS) is 21.0. The highest BCUT2D eigenvalue weighted by atomic mass is 16.6. The Bertz CT molecular complexity index is 1280. The molecule has 1 aromatic rings. The Morgan fingerprint density at radius 3 is 1.24 bits per heavy atom. The van der Waals surface area contributed by atoms with Gasteiger partial charge in [0.05, 0.1) is 6.61 Å². The maximum atomic E-state index is 13.9. The van der Waals surface area contributed by atoms with E-state index in [4.69, 9.17) is 4.74 Å². The number of unbranched alkanes of at least 4 members (excludes halogenated alkanes) is 28. The van der Waals surface area contributed by atoms with Crippen LogP contribution in [-0.4, -0.2) is 60.4 Å². The van der Waals surface area contributed by atoms with Crippen molar-refractivity contribution in [2.45, 2.75) is 243 Å². The van der Waals surface area contributed by atoms with Crippen molar-refractivity contribution in [3.8, 4) is 0 Å². The van der Waals surface area contributed by atoms with Gasteiger partial charge in [0.15, 0.2) is 23.4 Å². The SMILES string of the molecule is CCCCCCCCCCCCCCCCCC(=O)[C@@]1(O)[C@@H](CO)O[C@@H](n2ccc(=O)[nH]c2=O)[C@@]1(O)C(=O)CCCCCCCCCCCCCCCCC. The molecule has 1 aromatic heterocycles. The smallest absolute Gasteiger partial charge is 0.330 e. The minimum atomic E-state index is -2.84. The first-order valence-corrected chi connectivity index (χ1v) is 22.8. The number of aliphatic hydroxyl groups excluding tert-OH is 1.